The molecule has 2 aromatic rings. The SMILES string of the molecule is CNC(=O)NC(=O)[C@@H](C)Sc1ncnc2sc3c(c12)CC[C@@H](C)C3. The number of thioether (sulfide) groups is 1. The Morgan fingerprint density at radius 2 is 2.21 bits per heavy atom. The molecule has 0 radical (unpaired) electrons. The van der Waals surface area contributed by atoms with Crippen LogP contribution in [0.3, 0.4) is 0 Å². The second-order valence-electron chi connectivity index (χ2n) is 6.04. The molecule has 1 aliphatic rings. The molecular weight excluding hydrogens is 344 g/mol. The lowest BCUT2D eigenvalue weighted by atomic mass is 9.89. The largest absolute Gasteiger partial charge is 0.341 e. The van der Waals surface area contributed by atoms with Gasteiger partial charge >= 0.3 is 6.03 Å². The van der Waals surface area contributed by atoms with E-state index in [1.807, 2.05) is 0 Å². The van der Waals surface area contributed by atoms with Gasteiger partial charge in [0.15, 0.2) is 0 Å². The summed E-state index contributed by atoms with van der Waals surface area (Å²) >= 11 is 3.11. The maximum atomic E-state index is 12.1. The van der Waals surface area contributed by atoms with Crippen LogP contribution < -0.4 is 10.6 Å². The standard InChI is InChI=1S/C16H20N4O2S2/c1-8-4-5-10-11(6-8)24-15-12(10)14(18-7-19-15)23-9(2)13(21)20-16(22)17-3/h7-9H,4-6H2,1-3H3,(H2,17,20,21,22)/t8-,9-/m1/s1. The fraction of sp³-hybridized carbons (Fsp3) is 0.500. The van der Waals surface area contributed by atoms with Gasteiger partial charge in [-0.3, -0.25) is 10.1 Å². The molecule has 2 N–H and O–H groups in total. The lowest BCUT2D eigenvalue weighted by Crippen LogP contribution is -2.41. The summed E-state index contributed by atoms with van der Waals surface area (Å²) in [6, 6.07) is -0.498. The highest BCUT2D eigenvalue weighted by Crippen LogP contribution is 2.41. The van der Waals surface area contributed by atoms with Crippen LogP contribution in [0.25, 0.3) is 10.2 Å². The van der Waals surface area contributed by atoms with Gasteiger partial charge in [-0.15, -0.1) is 11.3 Å². The molecule has 6 nitrogen and oxygen atoms in total. The molecule has 0 fully saturated rings. The molecule has 8 heteroatoms. The lowest BCUT2D eigenvalue weighted by molar-refractivity contribution is -0.119. The summed E-state index contributed by atoms with van der Waals surface area (Å²) in [6.07, 6.45) is 4.85. The van der Waals surface area contributed by atoms with Gasteiger partial charge in [0.05, 0.1) is 5.25 Å². The zero-order valence-corrected chi connectivity index (χ0v) is 15.5. The first kappa shape index (κ1) is 17.2. The number of urea groups is 1. The minimum absolute atomic E-state index is 0.330. The predicted octanol–water partition coefficient (Wildman–Crippen LogP) is 2.75. The molecule has 2 heterocycles. The molecule has 128 valence electrons. The maximum Gasteiger partial charge on any atom is 0.321 e. The summed E-state index contributed by atoms with van der Waals surface area (Å²) in [5.74, 6) is 0.371. The highest BCUT2D eigenvalue weighted by atomic mass is 32.2. The van der Waals surface area contributed by atoms with E-state index < -0.39 is 11.3 Å². The first-order chi connectivity index (χ1) is 11.5. The van der Waals surface area contributed by atoms with Crippen LogP contribution in [0.1, 0.15) is 30.7 Å². The number of thiophene rings is 1. The van der Waals surface area contributed by atoms with Crippen LogP contribution in [-0.4, -0.2) is 34.2 Å². The average Bonchev–Trinajstić information content (AvgIpc) is 2.92. The lowest BCUT2D eigenvalue weighted by Gasteiger charge is -2.18. The van der Waals surface area contributed by atoms with Crippen molar-refractivity contribution in [2.45, 2.75) is 43.4 Å². The molecule has 2 aromatic heterocycles. The molecule has 24 heavy (non-hydrogen) atoms. The molecule has 0 aromatic carbocycles. The average molecular weight is 364 g/mol. The number of imide groups is 1. The molecule has 0 aliphatic heterocycles. The van der Waals surface area contributed by atoms with Crippen molar-refractivity contribution in [2.24, 2.45) is 5.92 Å². The summed E-state index contributed by atoms with van der Waals surface area (Å²) in [4.78, 5) is 34.6. The van der Waals surface area contributed by atoms with E-state index in [0.29, 0.717) is 5.92 Å². The van der Waals surface area contributed by atoms with Crippen LogP contribution in [0.15, 0.2) is 11.4 Å². The number of carbonyl (C=O) groups is 2. The number of carbonyl (C=O) groups excluding carboxylic acids is 2. The van der Waals surface area contributed by atoms with Gasteiger partial charge in [-0.25, -0.2) is 14.8 Å². The molecule has 3 rings (SSSR count). The summed E-state index contributed by atoms with van der Waals surface area (Å²) in [5.41, 5.74) is 1.34. The topological polar surface area (TPSA) is 84.0 Å². The third-order valence-corrected chi connectivity index (χ3v) is 6.44. The van der Waals surface area contributed by atoms with Crippen LogP contribution in [0.4, 0.5) is 4.79 Å². The van der Waals surface area contributed by atoms with Crippen molar-refractivity contribution in [1.29, 1.82) is 0 Å². The van der Waals surface area contributed by atoms with Crippen molar-refractivity contribution in [3.63, 3.8) is 0 Å². The second kappa shape index (κ2) is 7.06. The van der Waals surface area contributed by atoms with E-state index in [9.17, 15) is 9.59 Å². The quantitative estimate of drug-likeness (QED) is 0.646. The van der Waals surface area contributed by atoms with E-state index in [0.717, 1.165) is 28.1 Å². The number of amides is 3. The van der Waals surface area contributed by atoms with Gasteiger partial charge in [0.2, 0.25) is 5.91 Å². The number of hydrogen-bond donors (Lipinski definition) is 2. The molecule has 2 atom stereocenters. The summed E-state index contributed by atoms with van der Waals surface area (Å²) in [6.45, 7) is 4.05. The summed E-state index contributed by atoms with van der Waals surface area (Å²) in [7, 11) is 1.48. The number of nitrogens with zero attached hydrogens (tertiary/aromatic N) is 2. The minimum atomic E-state index is -0.498. The van der Waals surface area contributed by atoms with Gasteiger partial charge in [0, 0.05) is 17.3 Å². The van der Waals surface area contributed by atoms with Crippen LogP contribution >= 0.6 is 23.1 Å². The van der Waals surface area contributed by atoms with Crippen molar-refractivity contribution >= 4 is 45.3 Å². The highest BCUT2D eigenvalue weighted by molar-refractivity contribution is 8.00. The third-order valence-electron chi connectivity index (χ3n) is 4.18. The highest BCUT2D eigenvalue weighted by Gasteiger charge is 2.25. The van der Waals surface area contributed by atoms with E-state index in [4.69, 9.17) is 0 Å². The Balaban J connectivity index is 1.87. The number of fused-ring (bicyclic) bond motifs is 3. The number of rotatable bonds is 3. The molecule has 0 spiro atoms. The smallest absolute Gasteiger partial charge is 0.321 e. The molecule has 3 amide bonds. The fourth-order valence-corrected chi connectivity index (χ4v) is 5.19. The number of nitrogens with one attached hydrogen (secondary N) is 2. The van der Waals surface area contributed by atoms with Gasteiger partial charge < -0.3 is 5.32 Å². The molecule has 0 saturated heterocycles. The van der Waals surface area contributed by atoms with Crippen LogP contribution in [-0.2, 0) is 17.6 Å². The number of aromatic nitrogens is 2. The first-order valence-electron chi connectivity index (χ1n) is 7.94. The minimum Gasteiger partial charge on any atom is -0.341 e. The second-order valence-corrected chi connectivity index (χ2v) is 8.45. The van der Waals surface area contributed by atoms with E-state index in [-0.39, 0.29) is 5.91 Å². The fourth-order valence-electron chi connectivity index (χ4n) is 2.83. The Labute approximate surface area is 148 Å². The van der Waals surface area contributed by atoms with Gasteiger partial charge in [0.1, 0.15) is 16.2 Å². The normalized spacial score (nSPS) is 18.0. The first-order valence-corrected chi connectivity index (χ1v) is 9.63. The van der Waals surface area contributed by atoms with Crippen molar-refractivity contribution in [3.05, 3.63) is 16.8 Å². The van der Waals surface area contributed by atoms with E-state index >= 15 is 0 Å². The molecule has 0 unspecified atom stereocenters. The van der Waals surface area contributed by atoms with Crippen LogP contribution in [0.2, 0.25) is 0 Å². The van der Waals surface area contributed by atoms with Gasteiger partial charge in [-0.2, -0.15) is 0 Å². The monoisotopic (exact) mass is 364 g/mol. The van der Waals surface area contributed by atoms with Gasteiger partial charge in [-0.1, -0.05) is 18.7 Å². The van der Waals surface area contributed by atoms with Crippen molar-refractivity contribution in [1.82, 2.24) is 20.6 Å². The van der Waals surface area contributed by atoms with E-state index in [1.54, 1.807) is 24.6 Å². The Hall–Kier alpha value is -1.67. The van der Waals surface area contributed by atoms with Crippen molar-refractivity contribution in [3.8, 4) is 0 Å². The molecule has 0 saturated carbocycles. The summed E-state index contributed by atoms with van der Waals surface area (Å²) in [5, 5.41) is 6.19. The Morgan fingerprint density at radius 3 is 2.96 bits per heavy atom. The van der Waals surface area contributed by atoms with Crippen LogP contribution in [0, 0.1) is 5.92 Å². The third kappa shape index (κ3) is 3.39. The predicted molar refractivity (Wildman–Crippen MR) is 96.5 cm³/mol. The Kier molecular flexibility index (Phi) is 5.05. The summed E-state index contributed by atoms with van der Waals surface area (Å²) < 4.78 is 0. The number of hydrogen-bond acceptors (Lipinski definition) is 6. The van der Waals surface area contributed by atoms with Crippen molar-refractivity contribution in [2.75, 3.05) is 7.05 Å². The van der Waals surface area contributed by atoms with E-state index in [1.165, 1.54) is 35.7 Å². The molecule has 0 bridgehead atoms. The van der Waals surface area contributed by atoms with E-state index in [2.05, 4.69) is 27.5 Å². The van der Waals surface area contributed by atoms with Gasteiger partial charge in [-0.05, 0) is 37.7 Å². The number of aryl methyl sites for hydroxylation is 1. The Morgan fingerprint density at radius 1 is 1.42 bits per heavy atom. The molecular formula is C16H20N4O2S2. The maximum absolute atomic E-state index is 12.1. The Bertz CT molecular complexity index is 790. The molecule has 1 aliphatic carbocycles. The zero-order chi connectivity index (χ0) is 17.3. The van der Waals surface area contributed by atoms with Crippen LogP contribution in [0.5, 0.6) is 0 Å². The zero-order valence-electron chi connectivity index (χ0n) is 13.9. The van der Waals surface area contributed by atoms with Gasteiger partial charge in [0.25, 0.3) is 0 Å². The van der Waals surface area contributed by atoms with Crippen molar-refractivity contribution < 1.29 is 9.59 Å².